The number of hydrogen-bond donors (Lipinski definition) is 1. The average molecular weight is 626 g/mol. The average Bonchev–Trinajstić information content (AvgIpc) is 3.27. The van der Waals surface area contributed by atoms with E-state index in [0.717, 1.165) is 5.57 Å². The predicted octanol–water partition coefficient (Wildman–Crippen LogP) is 4.24. The van der Waals surface area contributed by atoms with Gasteiger partial charge in [-0.1, -0.05) is 55.8 Å². The second-order valence-corrected chi connectivity index (χ2v) is 12.9. The first kappa shape index (κ1) is 32.3. The molecule has 0 unspecified atom stereocenters. The summed E-state index contributed by atoms with van der Waals surface area (Å²) in [6.45, 7) is 4.74. The fourth-order valence-corrected chi connectivity index (χ4v) is 8.56. The van der Waals surface area contributed by atoms with Crippen LogP contribution < -0.4 is 0 Å². The minimum Gasteiger partial charge on any atom is -0.457 e. The molecule has 12 nitrogen and oxygen atoms in total. The van der Waals surface area contributed by atoms with E-state index in [-0.39, 0.29) is 56.0 Å². The number of esters is 1. The summed E-state index contributed by atoms with van der Waals surface area (Å²) in [5.74, 6) is -1.53. The summed E-state index contributed by atoms with van der Waals surface area (Å²) in [6, 6.07) is 6.39. The van der Waals surface area contributed by atoms with Gasteiger partial charge in [0.1, 0.15) is 6.61 Å². The van der Waals surface area contributed by atoms with Crippen LogP contribution in [-0.2, 0) is 46.5 Å². The molecule has 5 rings (SSSR count). The molecule has 4 aliphatic rings. The molecule has 1 aromatic carbocycles. The van der Waals surface area contributed by atoms with E-state index in [0.29, 0.717) is 30.4 Å². The van der Waals surface area contributed by atoms with E-state index in [9.17, 15) is 34.4 Å². The zero-order chi connectivity index (χ0) is 32.6. The summed E-state index contributed by atoms with van der Waals surface area (Å²) in [6.07, 6.45) is 5.47. The Bertz CT molecular complexity index is 1430. The Balaban J connectivity index is 1.34. The van der Waals surface area contributed by atoms with Gasteiger partial charge in [-0.25, -0.2) is 4.79 Å². The number of aliphatic hydroxyl groups is 1. The second-order valence-electron chi connectivity index (χ2n) is 12.9. The second kappa shape index (κ2) is 12.4. The van der Waals surface area contributed by atoms with Crippen molar-refractivity contribution in [1.82, 2.24) is 0 Å². The number of fused-ring (bicyclic) bond motifs is 5. The maximum absolute atomic E-state index is 14.1. The number of ether oxygens (including phenoxy) is 3. The van der Waals surface area contributed by atoms with Crippen molar-refractivity contribution in [1.29, 1.82) is 0 Å². The number of rotatable bonds is 10. The van der Waals surface area contributed by atoms with E-state index in [4.69, 9.17) is 14.2 Å². The lowest BCUT2D eigenvalue weighted by Gasteiger charge is -2.59. The van der Waals surface area contributed by atoms with Crippen molar-refractivity contribution >= 4 is 23.7 Å². The highest BCUT2D eigenvalue weighted by atomic mass is 16.9. The van der Waals surface area contributed by atoms with Gasteiger partial charge in [0.2, 0.25) is 5.78 Å². The quantitative estimate of drug-likeness (QED) is 0.171. The minimum atomic E-state index is -1.68. The van der Waals surface area contributed by atoms with E-state index < -0.39 is 52.1 Å². The molecule has 0 bridgehead atoms. The zero-order valence-corrected chi connectivity index (χ0v) is 25.7. The third kappa shape index (κ3) is 5.87. The summed E-state index contributed by atoms with van der Waals surface area (Å²) in [5, 5.41) is 21.3. The minimum absolute atomic E-state index is 0.0351. The molecule has 0 amide bonds. The Labute approximate surface area is 260 Å². The van der Waals surface area contributed by atoms with Crippen LogP contribution in [0.1, 0.15) is 64.0 Å². The number of carbonyl (C=O) groups is 4. The van der Waals surface area contributed by atoms with Crippen molar-refractivity contribution in [3.8, 4) is 0 Å². The Kier molecular flexibility index (Phi) is 8.90. The molecule has 242 valence electrons. The summed E-state index contributed by atoms with van der Waals surface area (Å²) >= 11 is 0. The molecule has 7 atom stereocenters. The molecule has 0 spiro atoms. The van der Waals surface area contributed by atoms with Crippen molar-refractivity contribution in [2.45, 2.75) is 77.6 Å². The first-order valence-electron chi connectivity index (χ1n) is 15.3. The van der Waals surface area contributed by atoms with Crippen molar-refractivity contribution in [3.63, 3.8) is 0 Å². The number of aliphatic hydroxyl groups excluding tert-OH is 1. The van der Waals surface area contributed by atoms with Crippen LogP contribution in [0.3, 0.4) is 0 Å². The number of hydrogen-bond acceptors (Lipinski definition) is 11. The first-order valence-corrected chi connectivity index (χ1v) is 15.3. The molecule has 0 aliphatic heterocycles. The van der Waals surface area contributed by atoms with Crippen LogP contribution in [-0.4, -0.2) is 58.8 Å². The number of benzene rings is 1. The Morgan fingerprint density at radius 1 is 1.11 bits per heavy atom. The smallest absolute Gasteiger partial charge is 0.457 e. The number of Topliss-reactive ketones (excluding diaryl/α,β-unsaturated/α-hetero) is 1. The lowest BCUT2D eigenvalue weighted by atomic mass is 9.47. The van der Waals surface area contributed by atoms with E-state index in [1.807, 2.05) is 13.0 Å². The van der Waals surface area contributed by atoms with Crippen LogP contribution in [0.2, 0.25) is 0 Å². The van der Waals surface area contributed by atoms with E-state index in [1.54, 1.807) is 37.3 Å². The standard InChI is InChI=1S/C33H39NO11/c1-4-42-30(39)45-33(27(37)19-43-28(38)15-20-5-7-21(8-6-20)18-44-34(40)41)14-12-25-24-10-9-22-16-23(35)11-13-31(22,2)29(24)26(36)17-32(25,33)3/h5-9,11,13,24-26,29,36H,4,10,12,14-19H2,1-3H3/t24-,25-,26-,29+,31-,32-,33-/m0/s1. The summed E-state index contributed by atoms with van der Waals surface area (Å²) in [4.78, 5) is 66.5. The van der Waals surface area contributed by atoms with E-state index >= 15 is 0 Å². The maximum atomic E-state index is 14.1. The molecular weight excluding hydrogens is 586 g/mol. The lowest BCUT2D eigenvalue weighted by molar-refractivity contribution is -0.763. The number of nitrogens with zero attached hydrogens (tertiary/aromatic N) is 1. The molecule has 1 aromatic rings. The topological polar surface area (TPSA) is 169 Å². The van der Waals surface area contributed by atoms with Gasteiger partial charge >= 0.3 is 12.1 Å². The SMILES string of the molecule is CCOC(=O)O[C@]1(C(=O)COC(=O)Cc2ccc(CO[N+](=O)[O-])cc2)CC[C@H]2[C@@H]3CC=C4CC(=O)C=C[C@]4(C)[C@H]3[C@@H](O)C[C@@]21C. The van der Waals surface area contributed by atoms with Crippen LogP contribution in [0.4, 0.5) is 4.79 Å². The monoisotopic (exact) mass is 625 g/mol. The lowest BCUT2D eigenvalue weighted by Crippen LogP contribution is -2.63. The zero-order valence-electron chi connectivity index (χ0n) is 25.7. The first-order chi connectivity index (χ1) is 21.3. The Hall–Kier alpha value is -4.06. The van der Waals surface area contributed by atoms with Gasteiger partial charge in [-0.05, 0) is 61.6 Å². The van der Waals surface area contributed by atoms with Gasteiger partial charge < -0.3 is 24.2 Å². The van der Waals surface area contributed by atoms with Crippen LogP contribution in [0.25, 0.3) is 0 Å². The summed E-state index contributed by atoms with van der Waals surface area (Å²) in [7, 11) is 0. The van der Waals surface area contributed by atoms with Crippen LogP contribution in [0.5, 0.6) is 0 Å². The Morgan fingerprint density at radius 2 is 1.82 bits per heavy atom. The van der Waals surface area contributed by atoms with E-state index in [1.165, 1.54) is 0 Å². The fourth-order valence-electron chi connectivity index (χ4n) is 8.56. The molecule has 4 aliphatic carbocycles. The summed E-state index contributed by atoms with van der Waals surface area (Å²) < 4.78 is 16.4. The number of allylic oxidation sites excluding steroid dienone is 4. The molecule has 0 aromatic heterocycles. The Morgan fingerprint density at radius 3 is 2.51 bits per heavy atom. The summed E-state index contributed by atoms with van der Waals surface area (Å²) in [5.41, 5.74) is -1.03. The van der Waals surface area contributed by atoms with E-state index in [2.05, 4.69) is 17.8 Å². The predicted molar refractivity (Wildman–Crippen MR) is 157 cm³/mol. The third-order valence-corrected chi connectivity index (χ3v) is 10.6. The molecule has 0 radical (unpaired) electrons. The van der Waals surface area contributed by atoms with Gasteiger partial charge in [-0.2, -0.15) is 0 Å². The molecule has 2 saturated carbocycles. The molecular formula is C33H39NO11. The number of carbonyl (C=O) groups excluding carboxylic acids is 4. The van der Waals surface area contributed by atoms with Crippen molar-refractivity contribution in [3.05, 3.63) is 69.3 Å². The van der Waals surface area contributed by atoms with Crippen molar-refractivity contribution < 1.29 is 48.4 Å². The van der Waals surface area contributed by atoms with Gasteiger partial charge in [0.05, 0.1) is 19.1 Å². The van der Waals surface area contributed by atoms with Crippen LogP contribution in [0, 0.1) is 38.7 Å². The van der Waals surface area contributed by atoms with Crippen molar-refractivity contribution in [2.75, 3.05) is 13.2 Å². The highest BCUT2D eigenvalue weighted by Gasteiger charge is 2.70. The van der Waals surface area contributed by atoms with Gasteiger partial charge in [-0.15, -0.1) is 10.1 Å². The van der Waals surface area contributed by atoms with Crippen LogP contribution >= 0.6 is 0 Å². The molecule has 1 N–H and O–H groups in total. The number of ketones is 2. The molecule has 12 heteroatoms. The highest BCUT2D eigenvalue weighted by Crippen LogP contribution is 2.67. The van der Waals surface area contributed by atoms with Gasteiger partial charge in [-0.3, -0.25) is 14.4 Å². The molecule has 2 fully saturated rings. The third-order valence-electron chi connectivity index (χ3n) is 10.6. The largest absolute Gasteiger partial charge is 0.509 e. The van der Waals surface area contributed by atoms with Crippen molar-refractivity contribution in [2.24, 2.45) is 28.6 Å². The molecule has 0 saturated heterocycles. The van der Waals surface area contributed by atoms with Gasteiger partial charge in [0, 0.05) is 23.2 Å². The highest BCUT2D eigenvalue weighted by molar-refractivity contribution is 5.94. The molecule has 45 heavy (non-hydrogen) atoms. The van der Waals surface area contributed by atoms with Gasteiger partial charge in [0.15, 0.2) is 18.0 Å². The fraction of sp³-hybridized carbons (Fsp3) is 0.576. The maximum Gasteiger partial charge on any atom is 0.509 e. The normalized spacial score (nSPS) is 33.2. The van der Waals surface area contributed by atoms with Crippen LogP contribution in [0.15, 0.2) is 48.1 Å². The molecule has 0 heterocycles. The van der Waals surface area contributed by atoms with Gasteiger partial charge in [0.25, 0.3) is 5.09 Å².